The Labute approximate surface area is 164 Å². The van der Waals surface area contributed by atoms with Crippen molar-refractivity contribution in [2.45, 2.75) is 6.10 Å². The number of rotatable bonds is 5. The minimum Gasteiger partial charge on any atom is -0.486 e. The van der Waals surface area contributed by atoms with E-state index in [1.54, 1.807) is 0 Å². The number of nitrogens with one attached hydrogen (secondary N) is 1. The molecule has 1 heterocycles. The van der Waals surface area contributed by atoms with Crippen LogP contribution in [0.15, 0.2) is 84.9 Å². The minimum atomic E-state index is -0.229. The highest BCUT2D eigenvalue weighted by Crippen LogP contribution is 2.30. The molecule has 4 rings (SSSR count). The lowest BCUT2D eigenvalue weighted by molar-refractivity contribution is -0.116. The van der Waals surface area contributed by atoms with Crippen molar-refractivity contribution in [3.63, 3.8) is 0 Å². The first-order valence-corrected chi connectivity index (χ1v) is 9.28. The number of hydrogen-bond donors (Lipinski definition) is 1. The second-order valence-electron chi connectivity index (χ2n) is 6.54. The van der Waals surface area contributed by atoms with Crippen molar-refractivity contribution < 1.29 is 14.3 Å². The van der Waals surface area contributed by atoms with Crippen LogP contribution in [0.2, 0.25) is 0 Å². The van der Waals surface area contributed by atoms with Gasteiger partial charge in [0.1, 0.15) is 12.7 Å². The van der Waals surface area contributed by atoms with Crippen molar-refractivity contribution in [2.24, 2.45) is 0 Å². The zero-order chi connectivity index (χ0) is 19.2. The van der Waals surface area contributed by atoms with E-state index in [-0.39, 0.29) is 12.0 Å². The molecular formula is C24H21NO3. The predicted molar refractivity (Wildman–Crippen MR) is 110 cm³/mol. The number of fused-ring (bicyclic) bond motifs is 1. The molecule has 0 radical (unpaired) electrons. The minimum absolute atomic E-state index is 0.141. The van der Waals surface area contributed by atoms with Crippen LogP contribution in [0.25, 0.3) is 11.6 Å². The zero-order valence-corrected chi connectivity index (χ0v) is 15.4. The van der Waals surface area contributed by atoms with Crippen LogP contribution in [0.1, 0.15) is 11.1 Å². The lowest BCUT2D eigenvalue weighted by Crippen LogP contribution is -2.41. The molecule has 28 heavy (non-hydrogen) atoms. The molecule has 4 nitrogen and oxygen atoms in total. The van der Waals surface area contributed by atoms with E-state index in [1.165, 1.54) is 0 Å². The van der Waals surface area contributed by atoms with E-state index in [4.69, 9.17) is 9.47 Å². The van der Waals surface area contributed by atoms with Crippen LogP contribution in [0.4, 0.5) is 0 Å². The molecule has 3 aromatic carbocycles. The quantitative estimate of drug-likeness (QED) is 0.541. The summed E-state index contributed by atoms with van der Waals surface area (Å²) in [6.45, 7) is 0.770. The first-order valence-electron chi connectivity index (χ1n) is 9.28. The third-order valence-electron chi connectivity index (χ3n) is 4.50. The molecule has 1 atom stereocenters. The van der Waals surface area contributed by atoms with Gasteiger partial charge in [-0.1, -0.05) is 72.8 Å². The molecule has 0 fully saturated rings. The number of amides is 1. The van der Waals surface area contributed by atoms with E-state index in [1.807, 2.05) is 91.0 Å². The van der Waals surface area contributed by atoms with Gasteiger partial charge in [-0.3, -0.25) is 4.79 Å². The number of ether oxygens (including phenoxy) is 2. The SMILES string of the molecule is O=C(NC[C@@H]1COc2ccccc2O1)/C(=C/c1ccccc1)c1ccccc1. The predicted octanol–water partition coefficient (Wildman–Crippen LogP) is 4.18. The first-order chi connectivity index (χ1) is 13.8. The number of carbonyl (C=O) groups excluding carboxylic acids is 1. The third-order valence-corrected chi connectivity index (χ3v) is 4.50. The summed E-state index contributed by atoms with van der Waals surface area (Å²) in [5, 5.41) is 2.99. The lowest BCUT2D eigenvalue weighted by Gasteiger charge is -2.26. The molecule has 1 amide bonds. The first kappa shape index (κ1) is 17.9. The summed E-state index contributed by atoms with van der Waals surface area (Å²) in [6.07, 6.45) is 1.67. The molecule has 3 aromatic rings. The summed E-state index contributed by atoms with van der Waals surface area (Å²) in [6, 6.07) is 27.0. The summed E-state index contributed by atoms with van der Waals surface area (Å²) >= 11 is 0. The van der Waals surface area contributed by atoms with Crippen molar-refractivity contribution in [1.82, 2.24) is 5.32 Å². The van der Waals surface area contributed by atoms with Crippen LogP contribution in [-0.4, -0.2) is 25.2 Å². The average molecular weight is 371 g/mol. The van der Waals surface area contributed by atoms with Crippen molar-refractivity contribution in [3.8, 4) is 11.5 Å². The van der Waals surface area contributed by atoms with Gasteiger partial charge in [-0.25, -0.2) is 0 Å². The van der Waals surface area contributed by atoms with E-state index >= 15 is 0 Å². The fraction of sp³-hybridized carbons (Fsp3) is 0.125. The number of carbonyl (C=O) groups is 1. The van der Waals surface area contributed by atoms with Gasteiger partial charge in [-0.05, 0) is 29.3 Å². The Morgan fingerprint density at radius 2 is 1.54 bits per heavy atom. The molecule has 0 saturated heterocycles. The molecule has 0 bridgehead atoms. The monoisotopic (exact) mass is 371 g/mol. The Morgan fingerprint density at radius 1 is 0.893 bits per heavy atom. The molecule has 1 aliphatic heterocycles. The molecule has 1 N–H and O–H groups in total. The van der Waals surface area contributed by atoms with Crippen molar-refractivity contribution in [1.29, 1.82) is 0 Å². The van der Waals surface area contributed by atoms with Crippen LogP contribution >= 0.6 is 0 Å². The van der Waals surface area contributed by atoms with Gasteiger partial charge in [-0.15, -0.1) is 0 Å². The lowest BCUT2D eigenvalue weighted by atomic mass is 10.0. The second-order valence-corrected chi connectivity index (χ2v) is 6.54. The summed E-state index contributed by atoms with van der Waals surface area (Å²) < 4.78 is 11.6. The Hall–Kier alpha value is -3.53. The van der Waals surface area contributed by atoms with Gasteiger partial charge in [0.2, 0.25) is 0 Å². The molecule has 140 valence electrons. The molecule has 0 unspecified atom stereocenters. The van der Waals surface area contributed by atoms with E-state index < -0.39 is 0 Å². The summed E-state index contributed by atoms with van der Waals surface area (Å²) in [5.41, 5.74) is 2.46. The second kappa shape index (κ2) is 8.44. The van der Waals surface area contributed by atoms with Crippen LogP contribution < -0.4 is 14.8 Å². The molecule has 0 saturated carbocycles. The van der Waals surface area contributed by atoms with E-state index in [0.29, 0.717) is 24.5 Å². The maximum Gasteiger partial charge on any atom is 0.252 e. The van der Waals surface area contributed by atoms with Gasteiger partial charge < -0.3 is 14.8 Å². The summed E-state index contributed by atoms with van der Waals surface area (Å²) in [7, 11) is 0. The Morgan fingerprint density at radius 3 is 2.29 bits per heavy atom. The molecule has 0 aliphatic carbocycles. The van der Waals surface area contributed by atoms with Crippen LogP contribution in [0.5, 0.6) is 11.5 Å². The van der Waals surface area contributed by atoms with E-state index in [0.717, 1.165) is 16.9 Å². The molecule has 0 aromatic heterocycles. The van der Waals surface area contributed by atoms with Gasteiger partial charge in [-0.2, -0.15) is 0 Å². The van der Waals surface area contributed by atoms with Gasteiger partial charge in [0.25, 0.3) is 5.91 Å². The Bertz CT molecular complexity index is 967. The van der Waals surface area contributed by atoms with Crippen LogP contribution in [0.3, 0.4) is 0 Å². The van der Waals surface area contributed by atoms with Gasteiger partial charge >= 0.3 is 0 Å². The normalized spacial score (nSPS) is 15.7. The summed E-state index contributed by atoms with van der Waals surface area (Å²) in [5.74, 6) is 1.30. The molecular weight excluding hydrogens is 350 g/mol. The molecule has 4 heteroatoms. The third kappa shape index (κ3) is 4.23. The highest BCUT2D eigenvalue weighted by Gasteiger charge is 2.22. The Kier molecular flexibility index (Phi) is 5.38. The van der Waals surface area contributed by atoms with Gasteiger partial charge in [0.15, 0.2) is 11.5 Å². The fourth-order valence-electron chi connectivity index (χ4n) is 3.08. The molecule has 0 spiro atoms. The van der Waals surface area contributed by atoms with Crippen molar-refractivity contribution >= 4 is 17.6 Å². The Balaban J connectivity index is 1.48. The number of para-hydroxylation sites is 2. The van der Waals surface area contributed by atoms with Crippen molar-refractivity contribution in [2.75, 3.05) is 13.2 Å². The van der Waals surface area contributed by atoms with Gasteiger partial charge in [0.05, 0.1) is 6.54 Å². The zero-order valence-electron chi connectivity index (χ0n) is 15.4. The highest BCUT2D eigenvalue weighted by molar-refractivity contribution is 6.24. The van der Waals surface area contributed by atoms with E-state index in [2.05, 4.69) is 5.32 Å². The fourth-order valence-corrected chi connectivity index (χ4v) is 3.08. The van der Waals surface area contributed by atoms with Crippen LogP contribution in [0, 0.1) is 0 Å². The van der Waals surface area contributed by atoms with Gasteiger partial charge in [0, 0.05) is 5.57 Å². The van der Waals surface area contributed by atoms with Crippen LogP contribution in [-0.2, 0) is 4.79 Å². The number of hydrogen-bond acceptors (Lipinski definition) is 3. The highest BCUT2D eigenvalue weighted by atomic mass is 16.6. The maximum absolute atomic E-state index is 13.0. The largest absolute Gasteiger partial charge is 0.486 e. The molecule has 1 aliphatic rings. The maximum atomic E-state index is 13.0. The van der Waals surface area contributed by atoms with Crippen molar-refractivity contribution in [3.05, 3.63) is 96.1 Å². The number of benzene rings is 3. The van der Waals surface area contributed by atoms with E-state index in [9.17, 15) is 4.79 Å². The average Bonchev–Trinajstić information content (AvgIpc) is 2.77. The summed E-state index contributed by atoms with van der Waals surface area (Å²) in [4.78, 5) is 13.0. The topological polar surface area (TPSA) is 47.6 Å². The smallest absolute Gasteiger partial charge is 0.252 e. The standard InChI is InChI=1S/C24H21NO3/c26-24(25-16-20-17-27-22-13-7-8-14-23(22)28-20)21(19-11-5-2-6-12-19)15-18-9-3-1-4-10-18/h1-15,20H,16-17H2,(H,25,26)/b21-15+/t20-/m1/s1.